The van der Waals surface area contributed by atoms with Gasteiger partial charge in [0.2, 0.25) is 0 Å². The highest BCUT2D eigenvalue weighted by atomic mass is 32.1. The molecule has 170 valence electrons. The third-order valence-electron chi connectivity index (χ3n) is 5.50. The number of thiazole rings is 1. The van der Waals surface area contributed by atoms with Gasteiger partial charge in [-0.05, 0) is 50.8 Å². The van der Waals surface area contributed by atoms with Gasteiger partial charge in [0.1, 0.15) is 0 Å². The van der Waals surface area contributed by atoms with Gasteiger partial charge < -0.3 is 15.4 Å². The number of benzene rings is 1. The van der Waals surface area contributed by atoms with E-state index in [1.807, 2.05) is 18.2 Å². The van der Waals surface area contributed by atoms with Crippen LogP contribution in [0.1, 0.15) is 43.0 Å². The van der Waals surface area contributed by atoms with Crippen molar-refractivity contribution in [1.82, 2.24) is 20.5 Å². The van der Waals surface area contributed by atoms with Gasteiger partial charge in [-0.15, -0.1) is 11.3 Å². The molecule has 2 aromatic rings. The molecular weight excluding hydrogens is 406 g/mol. The largest absolute Gasteiger partial charge is 0.375 e. The highest BCUT2D eigenvalue weighted by Crippen LogP contribution is 2.20. The van der Waals surface area contributed by atoms with Crippen LogP contribution in [0.25, 0.3) is 0 Å². The lowest BCUT2D eigenvalue weighted by atomic mass is 9.97. The minimum Gasteiger partial charge on any atom is -0.375 e. The molecule has 0 atom stereocenters. The Morgan fingerprint density at radius 2 is 2.00 bits per heavy atom. The molecule has 0 aliphatic carbocycles. The molecule has 0 saturated carbocycles. The van der Waals surface area contributed by atoms with Gasteiger partial charge in [-0.25, -0.2) is 4.98 Å². The zero-order valence-corrected chi connectivity index (χ0v) is 19.8. The van der Waals surface area contributed by atoms with Crippen LogP contribution >= 0.6 is 11.3 Å². The number of rotatable bonds is 11. The Balaban J connectivity index is 1.33. The van der Waals surface area contributed by atoms with Crippen molar-refractivity contribution in [1.29, 1.82) is 0 Å². The lowest BCUT2D eigenvalue weighted by Gasteiger charge is -2.30. The quantitative estimate of drug-likeness (QED) is 0.315. The predicted molar refractivity (Wildman–Crippen MR) is 130 cm³/mol. The van der Waals surface area contributed by atoms with Gasteiger partial charge in [-0.2, -0.15) is 0 Å². The Kier molecular flexibility index (Phi) is 10.3. The van der Waals surface area contributed by atoms with Crippen LogP contribution in [0.4, 0.5) is 0 Å². The molecule has 1 saturated heterocycles. The molecule has 3 rings (SSSR count). The summed E-state index contributed by atoms with van der Waals surface area (Å²) < 4.78 is 5.76. The standard InChI is InChI=1S/C24H37N5OS/c1-3-23-28-22(19-31-23)17-29-13-10-20(11-14-29)16-27-24(25-4-2)26-12-15-30-18-21-8-6-5-7-9-21/h5-9,19-20H,3-4,10-18H2,1-2H3,(H2,25,26,27). The van der Waals surface area contributed by atoms with Gasteiger partial charge in [0, 0.05) is 31.6 Å². The number of hydrogen-bond acceptors (Lipinski definition) is 5. The summed E-state index contributed by atoms with van der Waals surface area (Å²) in [5, 5.41) is 10.2. The Labute approximate surface area is 191 Å². The zero-order chi connectivity index (χ0) is 21.7. The molecule has 1 fully saturated rings. The number of likely N-dealkylation sites (tertiary alicyclic amines) is 1. The molecule has 0 bridgehead atoms. The average molecular weight is 444 g/mol. The Hall–Kier alpha value is -1.96. The lowest BCUT2D eigenvalue weighted by molar-refractivity contribution is 0.125. The maximum atomic E-state index is 5.76. The van der Waals surface area contributed by atoms with Gasteiger partial charge in [0.25, 0.3) is 0 Å². The minimum absolute atomic E-state index is 0.648. The first-order chi connectivity index (χ1) is 15.3. The molecule has 0 unspecified atom stereocenters. The Morgan fingerprint density at radius 1 is 1.19 bits per heavy atom. The third kappa shape index (κ3) is 8.59. The van der Waals surface area contributed by atoms with Crippen molar-refractivity contribution >= 4 is 17.3 Å². The van der Waals surface area contributed by atoms with E-state index in [9.17, 15) is 0 Å². The molecular formula is C24H37N5OS. The zero-order valence-electron chi connectivity index (χ0n) is 19.0. The predicted octanol–water partition coefficient (Wildman–Crippen LogP) is 3.69. The second-order valence-corrected chi connectivity index (χ2v) is 8.93. The maximum Gasteiger partial charge on any atom is 0.191 e. The number of aryl methyl sites for hydroxylation is 1. The van der Waals surface area contributed by atoms with Crippen molar-refractivity contribution in [2.45, 2.75) is 46.3 Å². The first kappa shape index (κ1) is 23.7. The SMILES string of the molecule is CCNC(=NCC1CCN(Cc2csc(CC)n2)CC1)NCCOCc1ccccc1. The number of nitrogens with one attached hydrogen (secondary N) is 2. The number of ether oxygens (including phenoxy) is 1. The molecule has 0 spiro atoms. The van der Waals surface area contributed by atoms with E-state index in [0.29, 0.717) is 19.1 Å². The van der Waals surface area contributed by atoms with Crippen LogP contribution in [0.3, 0.4) is 0 Å². The van der Waals surface area contributed by atoms with E-state index in [1.54, 1.807) is 11.3 Å². The molecule has 7 heteroatoms. The first-order valence-corrected chi connectivity index (χ1v) is 12.4. The molecule has 1 aromatic carbocycles. The topological polar surface area (TPSA) is 61.8 Å². The number of piperidine rings is 1. The van der Waals surface area contributed by atoms with E-state index >= 15 is 0 Å². The average Bonchev–Trinajstić information content (AvgIpc) is 3.26. The lowest BCUT2D eigenvalue weighted by Crippen LogP contribution is -2.40. The molecule has 6 nitrogen and oxygen atoms in total. The van der Waals surface area contributed by atoms with E-state index in [2.05, 4.69) is 46.9 Å². The van der Waals surface area contributed by atoms with Crippen molar-refractivity contribution in [2.24, 2.45) is 10.9 Å². The third-order valence-corrected chi connectivity index (χ3v) is 6.54. The number of aromatic nitrogens is 1. The molecule has 2 heterocycles. The van der Waals surface area contributed by atoms with E-state index in [4.69, 9.17) is 14.7 Å². The van der Waals surface area contributed by atoms with E-state index in [1.165, 1.54) is 29.1 Å². The summed E-state index contributed by atoms with van der Waals surface area (Å²) in [5.74, 6) is 1.55. The summed E-state index contributed by atoms with van der Waals surface area (Å²) in [7, 11) is 0. The summed E-state index contributed by atoms with van der Waals surface area (Å²) in [6.45, 7) is 11.3. The van der Waals surface area contributed by atoms with Gasteiger partial charge in [0.05, 0.1) is 23.9 Å². The fourth-order valence-corrected chi connectivity index (χ4v) is 4.44. The second kappa shape index (κ2) is 13.5. The van der Waals surface area contributed by atoms with Gasteiger partial charge in [-0.3, -0.25) is 9.89 Å². The summed E-state index contributed by atoms with van der Waals surface area (Å²) in [6, 6.07) is 10.3. The van der Waals surface area contributed by atoms with Gasteiger partial charge in [0.15, 0.2) is 5.96 Å². The number of hydrogen-bond donors (Lipinski definition) is 2. The van der Waals surface area contributed by atoms with Crippen molar-refractivity contribution < 1.29 is 4.74 Å². The van der Waals surface area contributed by atoms with Crippen molar-refractivity contribution in [3.8, 4) is 0 Å². The Morgan fingerprint density at radius 3 is 2.71 bits per heavy atom. The van der Waals surface area contributed by atoms with Crippen LogP contribution in [0, 0.1) is 5.92 Å². The van der Waals surface area contributed by atoms with Gasteiger partial charge in [-0.1, -0.05) is 37.3 Å². The fourth-order valence-electron chi connectivity index (χ4n) is 3.71. The molecule has 1 aromatic heterocycles. The monoisotopic (exact) mass is 443 g/mol. The van der Waals surface area contributed by atoms with Crippen LogP contribution in [-0.2, 0) is 24.3 Å². The minimum atomic E-state index is 0.648. The maximum absolute atomic E-state index is 5.76. The summed E-state index contributed by atoms with van der Waals surface area (Å²) in [6.07, 6.45) is 3.44. The van der Waals surface area contributed by atoms with E-state index in [0.717, 1.165) is 51.6 Å². The molecule has 1 aliphatic heterocycles. The van der Waals surface area contributed by atoms with Crippen molar-refractivity contribution in [3.05, 3.63) is 52.0 Å². The number of aliphatic imine (C=N–C) groups is 1. The van der Waals surface area contributed by atoms with Crippen LogP contribution in [0.15, 0.2) is 40.7 Å². The number of guanidine groups is 1. The molecule has 0 amide bonds. The van der Waals surface area contributed by atoms with Gasteiger partial charge >= 0.3 is 0 Å². The number of nitrogens with zero attached hydrogens (tertiary/aromatic N) is 3. The summed E-state index contributed by atoms with van der Waals surface area (Å²) >= 11 is 1.78. The van der Waals surface area contributed by atoms with E-state index in [-0.39, 0.29) is 0 Å². The molecule has 2 N–H and O–H groups in total. The highest BCUT2D eigenvalue weighted by Gasteiger charge is 2.20. The van der Waals surface area contributed by atoms with Crippen LogP contribution < -0.4 is 10.6 Å². The normalized spacial score (nSPS) is 15.9. The van der Waals surface area contributed by atoms with Crippen LogP contribution in [-0.4, -0.2) is 55.2 Å². The summed E-state index contributed by atoms with van der Waals surface area (Å²) in [4.78, 5) is 12.1. The fraction of sp³-hybridized carbons (Fsp3) is 0.583. The smallest absolute Gasteiger partial charge is 0.191 e. The first-order valence-electron chi connectivity index (χ1n) is 11.6. The van der Waals surface area contributed by atoms with Crippen molar-refractivity contribution in [2.75, 3.05) is 39.3 Å². The summed E-state index contributed by atoms with van der Waals surface area (Å²) in [5.41, 5.74) is 2.43. The Bertz CT molecular complexity index is 771. The molecule has 31 heavy (non-hydrogen) atoms. The molecule has 1 aliphatic rings. The van der Waals surface area contributed by atoms with Crippen LogP contribution in [0.5, 0.6) is 0 Å². The highest BCUT2D eigenvalue weighted by molar-refractivity contribution is 7.09. The second-order valence-electron chi connectivity index (χ2n) is 7.99. The molecule has 0 radical (unpaired) electrons. The van der Waals surface area contributed by atoms with Crippen LogP contribution in [0.2, 0.25) is 0 Å². The van der Waals surface area contributed by atoms with E-state index < -0.39 is 0 Å². The van der Waals surface area contributed by atoms with Crippen molar-refractivity contribution in [3.63, 3.8) is 0 Å².